The monoisotopic (exact) mass is 301 g/mol. The predicted molar refractivity (Wildman–Crippen MR) is 82.9 cm³/mol. The zero-order valence-electron chi connectivity index (χ0n) is 12.5. The van der Waals surface area contributed by atoms with Crippen molar-refractivity contribution >= 4 is 5.96 Å². The van der Waals surface area contributed by atoms with Crippen molar-refractivity contribution in [3.63, 3.8) is 0 Å². The summed E-state index contributed by atoms with van der Waals surface area (Å²) in [6, 6.07) is 9.66. The number of guanidine groups is 1. The number of fused-ring (bicyclic) bond motifs is 1. The molecule has 116 valence electrons. The van der Waals surface area contributed by atoms with E-state index in [1.165, 1.54) is 0 Å². The third-order valence-electron chi connectivity index (χ3n) is 3.21. The highest BCUT2D eigenvalue weighted by Crippen LogP contribution is 2.32. The Kier molecular flexibility index (Phi) is 4.48. The van der Waals surface area contributed by atoms with Gasteiger partial charge in [0.2, 0.25) is 6.79 Å². The molecular formula is C16H19N3O3. The minimum absolute atomic E-state index is 0.287. The molecule has 22 heavy (non-hydrogen) atoms. The SMILES string of the molecule is CCNC(=NCc1ccc2c(c1)OCO2)NCc1ccco1. The molecule has 6 nitrogen and oxygen atoms in total. The molecule has 0 fully saturated rings. The van der Waals surface area contributed by atoms with Gasteiger partial charge in [0, 0.05) is 6.54 Å². The van der Waals surface area contributed by atoms with Crippen LogP contribution in [-0.2, 0) is 13.1 Å². The van der Waals surface area contributed by atoms with Gasteiger partial charge in [-0.1, -0.05) is 6.07 Å². The molecule has 6 heteroatoms. The van der Waals surface area contributed by atoms with Crippen molar-refractivity contribution in [2.24, 2.45) is 4.99 Å². The molecule has 1 aromatic carbocycles. The maximum Gasteiger partial charge on any atom is 0.231 e. The topological polar surface area (TPSA) is 68.0 Å². The van der Waals surface area contributed by atoms with Gasteiger partial charge in [-0.2, -0.15) is 0 Å². The van der Waals surface area contributed by atoms with Crippen molar-refractivity contribution in [3.8, 4) is 11.5 Å². The molecule has 0 amide bonds. The number of hydrogen-bond acceptors (Lipinski definition) is 4. The number of nitrogens with zero attached hydrogens (tertiary/aromatic N) is 1. The Morgan fingerprint density at radius 1 is 1.18 bits per heavy atom. The van der Waals surface area contributed by atoms with Gasteiger partial charge in [0.05, 0.1) is 19.4 Å². The molecule has 0 bridgehead atoms. The molecule has 0 spiro atoms. The molecule has 0 unspecified atom stereocenters. The Morgan fingerprint density at radius 2 is 2.09 bits per heavy atom. The molecule has 3 rings (SSSR count). The largest absolute Gasteiger partial charge is 0.467 e. The predicted octanol–water partition coefficient (Wildman–Crippen LogP) is 2.26. The molecule has 2 aromatic rings. The maximum atomic E-state index is 5.38. The van der Waals surface area contributed by atoms with E-state index in [1.54, 1.807) is 6.26 Å². The van der Waals surface area contributed by atoms with Crippen LogP contribution in [0.4, 0.5) is 0 Å². The molecule has 0 saturated carbocycles. The average molecular weight is 301 g/mol. The number of hydrogen-bond donors (Lipinski definition) is 2. The summed E-state index contributed by atoms with van der Waals surface area (Å²) in [4.78, 5) is 4.57. The van der Waals surface area contributed by atoms with E-state index in [2.05, 4.69) is 15.6 Å². The third-order valence-corrected chi connectivity index (χ3v) is 3.21. The number of nitrogens with one attached hydrogen (secondary N) is 2. The molecule has 2 heterocycles. The Morgan fingerprint density at radius 3 is 2.91 bits per heavy atom. The normalized spacial score (nSPS) is 13.2. The number of benzene rings is 1. The molecule has 0 atom stereocenters. The quantitative estimate of drug-likeness (QED) is 0.655. The van der Waals surface area contributed by atoms with Gasteiger partial charge in [-0.25, -0.2) is 4.99 Å². The van der Waals surface area contributed by atoms with E-state index in [0.29, 0.717) is 13.1 Å². The van der Waals surface area contributed by atoms with Crippen molar-refractivity contribution < 1.29 is 13.9 Å². The van der Waals surface area contributed by atoms with E-state index in [0.717, 1.165) is 35.3 Å². The molecular weight excluding hydrogens is 282 g/mol. The standard InChI is InChI=1S/C16H19N3O3/c1-2-17-16(19-10-13-4-3-7-20-13)18-9-12-5-6-14-15(8-12)22-11-21-14/h3-8H,2,9-11H2,1H3,(H2,17,18,19). The highest BCUT2D eigenvalue weighted by molar-refractivity contribution is 5.79. The van der Waals surface area contributed by atoms with Crippen molar-refractivity contribution in [1.29, 1.82) is 0 Å². The molecule has 0 aliphatic carbocycles. The van der Waals surface area contributed by atoms with Gasteiger partial charge in [-0.05, 0) is 36.8 Å². The van der Waals surface area contributed by atoms with Gasteiger partial charge in [0.1, 0.15) is 5.76 Å². The van der Waals surface area contributed by atoms with E-state index in [9.17, 15) is 0 Å². The number of aliphatic imine (C=N–C) groups is 1. The highest BCUT2D eigenvalue weighted by atomic mass is 16.7. The summed E-state index contributed by atoms with van der Waals surface area (Å²) in [6.45, 7) is 4.27. The summed E-state index contributed by atoms with van der Waals surface area (Å²) in [5, 5.41) is 6.44. The lowest BCUT2D eigenvalue weighted by Crippen LogP contribution is -2.36. The summed E-state index contributed by atoms with van der Waals surface area (Å²) < 4.78 is 16.0. The fraction of sp³-hybridized carbons (Fsp3) is 0.312. The van der Waals surface area contributed by atoms with Crippen LogP contribution in [0.2, 0.25) is 0 Å². The Balaban J connectivity index is 1.62. The molecule has 0 radical (unpaired) electrons. The van der Waals surface area contributed by atoms with Crippen LogP contribution in [0.1, 0.15) is 18.2 Å². The van der Waals surface area contributed by atoms with E-state index < -0.39 is 0 Å². The van der Waals surface area contributed by atoms with Gasteiger partial charge < -0.3 is 24.5 Å². The van der Waals surface area contributed by atoms with Gasteiger partial charge in [0.25, 0.3) is 0 Å². The van der Waals surface area contributed by atoms with Gasteiger partial charge in [-0.3, -0.25) is 0 Å². The van der Waals surface area contributed by atoms with Crippen LogP contribution in [0, 0.1) is 0 Å². The minimum Gasteiger partial charge on any atom is -0.467 e. The first-order valence-electron chi connectivity index (χ1n) is 7.28. The van der Waals surface area contributed by atoms with Crippen LogP contribution >= 0.6 is 0 Å². The van der Waals surface area contributed by atoms with E-state index in [1.807, 2.05) is 37.3 Å². The van der Waals surface area contributed by atoms with Crippen molar-refractivity contribution in [1.82, 2.24) is 10.6 Å². The van der Waals surface area contributed by atoms with Crippen LogP contribution in [0.3, 0.4) is 0 Å². The molecule has 0 saturated heterocycles. The van der Waals surface area contributed by atoms with Crippen LogP contribution in [0.15, 0.2) is 46.0 Å². The first-order chi connectivity index (χ1) is 10.8. The lowest BCUT2D eigenvalue weighted by molar-refractivity contribution is 0.174. The van der Waals surface area contributed by atoms with Crippen molar-refractivity contribution in [3.05, 3.63) is 47.9 Å². The number of ether oxygens (including phenoxy) is 2. The van der Waals surface area contributed by atoms with E-state index >= 15 is 0 Å². The zero-order valence-corrected chi connectivity index (χ0v) is 12.5. The molecule has 1 aliphatic rings. The Hall–Kier alpha value is -2.63. The molecule has 2 N–H and O–H groups in total. The zero-order chi connectivity index (χ0) is 15.2. The number of rotatable bonds is 5. The summed E-state index contributed by atoms with van der Waals surface area (Å²) in [5.41, 5.74) is 1.07. The van der Waals surface area contributed by atoms with Crippen molar-refractivity contribution in [2.45, 2.75) is 20.0 Å². The fourth-order valence-corrected chi connectivity index (χ4v) is 2.14. The Bertz CT molecular complexity index is 638. The molecule has 1 aliphatic heterocycles. The average Bonchev–Trinajstić information content (AvgIpc) is 3.20. The smallest absolute Gasteiger partial charge is 0.231 e. The second-order valence-electron chi connectivity index (χ2n) is 4.82. The third kappa shape index (κ3) is 3.52. The lowest BCUT2D eigenvalue weighted by atomic mass is 10.2. The van der Waals surface area contributed by atoms with Crippen LogP contribution in [0.5, 0.6) is 11.5 Å². The summed E-state index contributed by atoms with van der Waals surface area (Å²) in [5.74, 6) is 3.18. The van der Waals surface area contributed by atoms with Crippen LogP contribution < -0.4 is 20.1 Å². The van der Waals surface area contributed by atoms with E-state index in [4.69, 9.17) is 13.9 Å². The molecule has 1 aromatic heterocycles. The minimum atomic E-state index is 0.287. The maximum absolute atomic E-state index is 5.38. The number of furan rings is 1. The van der Waals surface area contributed by atoms with Crippen molar-refractivity contribution in [2.75, 3.05) is 13.3 Å². The first kappa shape index (κ1) is 14.3. The van der Waals surface area contributed by atoms with Crippen LogP contribution in [-0.4, -0.2) is 19.3 Å². The fourth-order valence-electron chi connectivity index (χ4n) is 2.14. The summed E-state index contributed by atoms with van der Waals surface area (Å²) in [6.07, 6.45) is 1.66. The second-order valence-corrected chi connectivity index (χ2v) is 4.82. The summed E-state index contributed by atoms with van der Waals surface area (Å²) >= 11 is 0. The summed E-state index contributed by atoms with van der Waals surface area (Å²) in [7, 11) is 0. The first-order valence-corrected chi connectivity index (χ1v) is 7.28. The van der Waals surface area contributed by atoms with Gasteiger partial charge >= 0.3 is 0 Å². The van der Waals surface area contributed by atoms with E-state index in [-0.39, 0.29) is 6.79 Å². The van der Waals surface area contributed by atoms with Gasteiger partial charge in [-0.15, -0.1) is 0 Å². The highest BCUT2D eigenvalue weighted by Gasteiger charge is 2.12. The Labute approximate surface area is 129 Å². The second kappa shape index (κ2) is 6.89. The van der Waals surface area contributed by atoms with Crippen LogP contribution in [0.25, 0.3) is 0 Å². The van der Waals surface area contributed by atoms with Gasteiger partial charge in [0.15, 0.2) is 17.5 Å². The lowest BCUT2D eigenvalue weighted by Gasteiger charge is -2.10.